The Labute approximate surface area is 168 Å². The number of carbonyl (C=O) groups is 1. The van der Waals surface area contributed by atoms with Crippen molar-refractivity contribution in [1.29, 1.82) is 0 Å². The molecular formula is C22H37N3OS. The van der Waals surface area contributed by atoms with Crippen LogP contribution < -0.4 is 10.6 Å². The second-order valence-electron chi connectivity index (χ2n) is 9.04. The Morgan fingerprint density at radius 2 is 1.89 bits per heavy atom. The summed E-state index contributed by atoms with van der Waals surface area (Å²) in [7, 11) is 0. The van der Waals surface area contributed by atoms with Crippen molar-refractivity contribution in [1.82, 2.24) is 15.6 Å². The topological polar surface area (TPSA) is 54.0 Å². The van der Waals surface area contributed by atoms with Crippen molar-refractivity contribution >= 4 is 17.2 Å². The molecule has 1 heterocycles. The van der Waals surface area contributed by atoms with E-state index < -0.39 is 0 Å². The molecule has 2 N–H and O–H groups in total. The van der Waals surface area contributed by atoms with Gasteiger partial charge in [-0.25, -0.2) is 4.98 Å². The van der Waals surface area contributed by atoms with Crippen LogP contribution in [0.2, 0.25) is 0 Å². The van der Waals surface area contributed by atoms with Crippen molar-refractivity contribution in [2.24, 2.45) is 17.8 Å². The van der Waals surface area contributed by atoms with E-state index in [4.69, 9.17) is 0 Å². The third-order valence-electron chi connectivity index (χ3n) is 6.29. The van der Waals surface area contributed by atoms with E-state index in [1.807, 2.05) is 11.6 Å². The lowest BCUT2D eigenvalue weighted by Gasteiger charge is -2.34. The summed E-state index contributed by atoms with van der Waals surface area (Å²) in [5.41, 5.74) is 0. The molecule has 0 bridgehead atoms. The molecule has 152 valence electrons. The number of rotatable bonds is 8. The third kappa shape index (κ3) is 6.56. The van der Waals surface area contributed by atoms with Crippen LogP contribution in [0.1, 0.15) is 89.1 Å². The molecule has 2 fully saturated rings. The number of nitrogens with one attached hydrogen (secondary N) is 2. The van der Waals surface area contributed by atoms with E-state index in [9.17, 15) is 4.79 Å². The lowest BCUT2D eigenvalue weighted by molar-refractivity contribution is -0.123. The maximum absolute atomic E-state index is 12.4. The van der Waals surface area contributed by atoms with Gasteiger partial charge in [-0.3, -0.25) is 4.79 Å². The molecule has 1 amide bonds. The molecule has 1 aromatic rings. The standard InChI is InChI=1S/C22H37N3OS/c1-16(2)14-20(26)25-21(22-23-12-13-27-22)18-10-8-17(9-11-18)15-24-19-6-4-3-5-7-19/h12-13,16-19,21,24H,3-11,14-15H2,1-2H3,(H,25,26)/t17?,18?,21-/m1/s1. The molecule has 0 aliphatic heterocycles. The van der Waals surface area contributed by atoms with Gasteiger partial charge in [0.25, 0.3) is 0 Å². The van der Waals surface area contributed by atoms with E-state index in [-0.39, 0.29) is 11.9 Å². The van der Waals surface area contributed by atoms with E-state index >= 15 is 0 Å². The molecule has 4 nitrogen and oxygen atoms in total. The van der Waals surface area contributed by atoms with Crippen molar-refractivity contribution in [3.8, 4) is 0 Å². The predicted molar refractivity (Wildman–Crippen MR) is 113 cm³/mol. The summed E-state index contributed by atoms with van der Waals surface area (Å²) >= 11 is 1.68. The maximum atomic E-state index is 12.4. The first-order chi connectivity index (χ1) is 13.1. The number of hydrogen-bond acceptors (Lipinski definition) is 4. The van der Waals surface area contributed by atoms with Crippen LogP contribution in [0.4, 0.5) is 0 Å². The van der Waals surface area contributed by atoms with Gasteiger partial charge in [-0.1, -0.05) is 33.1 Å². The van der Waals surface area contributed by atoms with Crippen LogP contribution in [-0.4, -0.2) is 23.5 Å². The highest BCUT2D eigenvalue weighted by atomic mass is 32.1. The average Bonchev–Trinajstić information content (AvgIpc) is 3.20. The summed E-state index contributed by atoms with van der Waals surface area (Å²) in [6.07, 6.45) is 14.3. The summed E-state index contributed by atoms with van der Waals surface area (Å²) < 4.78 is 0. The van der Waals surface area contributed by atoms with E-state index in [0.29, 0.717) is 18.3 Å². The molecular weight excluding hydrogens is 354 g/mol. The molecule has 0 saturated heterocycles. The predicted octanol–water partition coefficient (Wildman–Crippen LogP) is 5.08. The molecule has 5 heteroatoms. The molecule has 0 aromatic carbocycles. The Morgan fingerprint density at radius 1 is 1.15 bits per heavy atom. The summed E-state index contributed by atoms with van der Waals surface area (Å²) in [6.45, 7) is 5.38. The van der Waals surface area contributed by atoms with Crippen LogP contribution >= 0.6 is 11.3 Å². The zero-order valence-corrected chi connectivity index (χ0v) is 17.9. The SMILES string of the molecule is CC(C)CC(=O)N[C@@H](c1nccs1)C1CCC(CNC2CCCCC2)CC1. The first-order valence-electron chi connectivity index (χ1n) is 11.0. The van der Waals surface area contributed by atoms with Gasteiger partial charge in [0, 0.05) is 24.0 Å². The van der Waals surface area contributed by atoms with E-state index in [2.05, 4.69) is 29.5 Å². The Morgan fingerprint density at radius 3 is 2.52 bits per heavy atom. The lowest BCUT2D eigenvalue weighted by Crippen LogP contribution is -2.38. The summed E-state index contributed by atoms with van der Waals surface area (Å²) in [6, 6.07) is 0.860. The van der Waals surface area contributed by atoms with Crippen molar-refractivity contribution in [3.05, 3.63) is 16.6 Å². The first kappa shape index (κ1) is 20.8. The minimum absolute atomic E-state index is 0.100. The highest BCUT2D eigenvalue weighted by Crippen LogP contribution is 2.37. The number of hydrogen-bond donors (Lipinski definition) is 2. The van der Waals surface area contributed by atoms with Crippen LogP contribution in [0.15, 0.2) is 11.6 Å². The van der Waals surface area contributed by atoms with Gasteiger partial charge in [-0.2, -0.15) is 0 Å². The Balaban J connectivity index is 1.49. The Kier molecular flexibility index (Phi) is 8.13. The van der Waals surface area contributed by atoms with Crippen molar-refractivity contribution in [3.63, 3.8) is 0 Å². The molecule has 0 spiro atoms. The lowest BCUT2D eigenvalue weighted by atomic mass is 9.78. The van der Waals surface area contributed by atoms with Crippen molar-refractivity contribution < 1.29 is 4.79 Å². The molecule has 2 saturated carbocycles. The van der Waals surface area contributed by atoms with Gasteiger partial charge in [-0.05, 0) is 62.8 Å². The van der Waals surface area contributed by atoms with Gasteiger partial charge in [0.1, 0.15) is 5.01 Å². The van der Waals surface area contributed by atoms with Crippen LogP contribution in [0.5, 0.6) is 0 Å². The van der Waals surface area contributed by atoms with Gasteiger partial charge in [0.2, 0.25) is 5.91 Å². The number of nitrogens with zero attached hydrogens (tertiary/aromatic N) is 1. The van der Waals surface area contributed by atoms with Crippen molar-refractivity contribution in [2.75, 3.05) is 6.54 Å². The quantitative estimate of drug-likeness (QED) is 0.650. The average molecular weight is 392 g/mol. The first-order valence-corrected chi connectivity index (χ1v) is 11.9. The maximum Gasteiger partial charge on any atom is 0.220 e. The molecule has 1 atom stereocenters. The number of amides is 1. The number of carbonyl (C=O) groups excluding carboxylic acids is 1. The van der Waals surface area contributed by atoms with Gasteiger partial charge < -0.3 is 10.6 Å². The van der Waals surface area contributed by atoms with E-state index in [1.54, 1.807) is 11.3 Å². The Hall–Kier alpha value is -0.940. The second-order valence-corrected chi connectivity index (χ2v) is 9.96. The van der Waals surface area contributed by atoms with E-state index in [1.165, 1.54) is 64.3 Å². The molecule has 0 unspecified atom stereocenters. The zero-order valence-electron chi connectivity index (χ0n) is 17.1. The second kappa shape index (κ2) is 10.6. The summed E-state index contributed by atoms with van der Waals surface area (Å²) in [5, 5.41) is 10.3. The van der Waals surface area contributed by atoms with Crippen LogP contribution in [0, 0.1) is 17.8 Å². The molecule has 2 aliphatic rings. The number of aromatic nitrogens is 1. The number of thiazole rings is 1. The molecule has 0 radical (unpaired) electrons. The van der Waals surface area contributed by atoms with Crippen molar-refractivity contribution in [2.45, 2.75) is 90.1 Å². The monoisotopic (exact) mass is 391 g/mol. The molecule has 27 heavy (non-hydrogen) atoms. The van der Waals surface area contributed by atoms with Gasteiger partial charge in [0.15, 0.2) is 0 Å². The summed E-state index contributed by atoms with van der Waals surface area (Å²) in [5.74, 6) is 1.89. The largest absolute Gasteiger partial charge is 0.347 e. The minimum Gasteiger partial charge on any atom is -0.347 e. The fraction of sp³-hybridized carbons (Fsp3) is 0.818. The van der Waals surface area contributed by atoms with Gasteiger partial charge >= 0.3 is 0 Å². The third-order valence-corrected chi connectivity index (χ3v) is 7.15. The zero-order chi connectivity index (χ0) is 19.1. The smallest absolute Gasteiger partial charge is 0.220 e. The fourth-order valence-electron chi connectivity index (χ4n) is 4.74. The highest BCUT2D eigenvalue weighted by Gasteiger charge is 2.31. The normalized spacial score (nSPS) is 25.4. The fourth-order valence-corrected chi connectivity index (χ4v) is 5.52. The minimum atomic E-state index is 0.100. The van der Waals surface area contributed by atoms with Gasteiger partial charge in [0.05, 0.1) is 6.04 Å². The van der Waals surface area contributed by atoms with Crippen LogP contribution in [-0.2, 0) is 4.79 Å². The molecule has 2 aliphatic carbocycles. The van der Waals surface area contributed by atoms with Crippen LogP contribution in [0.3, 0.4) is 0 Å². The van der Waals surface area contributed by atoms with E-state index in [0.717, 1.165) is 17.0 Å². The highest BCUT2D eigenvalue weighted by molar-refractivity contribution is 7.09. The van der Waals surface area contributed by atoms with Gasteiger partial charge in [-0.15, -0.1) is 11.3 Å². The molecule has 3 rings (SSSR count). The van der Waals surface area contributed by atoms with Crippen LogP contribution in [0.25, 0.3) is 0 Å². The summed E-state index contributed by atoms with van der Waals surface area (Å²) in [4.78, 5) is 16.9. The molecule has 1 aromatic heterocycles. The Bertz CT molecular complexity index is 546.